The number of ether oxygens (including phenoxy) is 2. The number of hydrogen-bond donors (Lipinski definition) is 0. The van der Waals surface area contributed by atoms with Crippen molar-refractivity contribution in [3.05, 3.63) is 48.5 Å². The van der Waals surface area contributed by atoms with E-state index < -0.39 is 0 Å². The maximum absolute atomic E-state index is 6.11. The summed E-state index contributed by atoms with van der Waals surface area (Å²) in [5, 5.41) is 7.70. The van der Waals surface area contributed by atoms with Crippen LogP contribution in [0.1, 0.15) is 51.4 Å². The summed E-state index contributed by atoms with van der Waals surface area (Å²) in [5.74, 6) is 1.98. The Kier molecular flexibility index (Phi) is 4.95. The number of benzene rings is 4. The van der Waals surface area contributed by atoms with Crippen molar-refractivity contribution < 1.29 is 9.47 Å². The fourth-order valence-electron chi connectivity index (χ4n) is 4.59. The van der Waals surface area contributed by atoms with Crippen LogP contribution in [0.4, 0.5) is 0 Å². The van der Waals surface area contributed by atoms with E-state index in [1.54, 1.807) is 0 Å². The van der Waals surface area contributed by atoms with Crippen LogP contribution >= 0.6 is 0 Å². The molecule has 144 valence electrons. The molecular formula is C26H28O2. The first kappa shape index (κ1) is 17.6. The Balaban J connectivity index is 1.56. The number of hydrogen-bond acceptors (Lipinski definition) is 2. The number of fused-ring (bicyclic) bond motifs is 2. The molecule has 8 bridgehead atoms. The van der Waals surface area contributed by atoms with E-state index in [9.17, 15) is 0 Å². The topological polar surface area (TPSA) is 18.5 Å². The number of rotatable bonds is 0. The van der Waals surface area contributed by atoms with Gasteiger partial charge in [0.2, 0.25) is 0 Å². The summed E-state index contributed by atoms with van der Waals surface area (Å²) in [6, 6.07) is 17.7. The van der Waals surface area contributed by atoms with Gasteiger partial charge in [-0.15, -0.1) is 0 Å². The standard InChI is InChI=1S/C26H28O2/c1-2-4-6-8-14-28-24-17-21-11-9-19-15-23(27-13-7-5-3-1)16-20-10-12-22(18-24)26(21)25(19)20/h9-12,15-18H,1-8,13-14H2. The van der Waals surface area contributed by atoms with Crippen molar-refractivity contribution in [2.24, 2.45) is 0 Å². The zero-order valence-electron chi connectivity index (χ0n) is 16.5. The lowest BCUT2D eigenvalue weighted by Crippen LogP contribution is -1.99. The molecule has 0 fully saturated rings. The third kappa shape index (κ3) is 3.48. The van der Waals surface area contributed by atoms with Crippen LogP contribution in [0.2, 0.25) is 0 Å². The molecule has 0 unspecified atom stereocenters. The van der Waals surface area contributed by atoms with Crippen LogP contribution in [0.5, 0.6) is 11.5 Å². The lowest BCUT2D eigenvalue weighted by atomic mass is 9.94. The van der Waals surface area contributed by atoms with E-state index >= 15 is 0 Å². The van der Waals surface area contributed by atoms with Crippen molar-refractivity contribution in [3.63, 3.8) is 0 Å². The molecule has 0 radical (unpaired) electrons. The second-order valence-corrected chi connectivity index (χ2v) is 8.15. The summed E-state index contributed by atoms with van der Waals surface area (Å²) in [6.45, 7) is 1.63. The van der Waals surface area contributed by atoms with Gasteiger partial charge in [0, 0.05) is 0 Å². The summed E-state index contributed by atoms with van der Waals surface area (Å²) < 4.78 is 12.2. The molecule has 2 nitrogen and oxygen atoms in total. The van der Waals surface area contributed by atoms with Gasteiger partial charge in [-0.2, -0.15) is 0 Å². The van der Waals surface area contributed by atoms with Crippen molar-refractivity contribution in [3.8, 4) is 11.5 Å². The molecule has 0 atom stereocenters. The predicted octanol–water partition coefficient (Wildman–Crippen LogP) is 7.48. The van der Waals surface area contributed by atoms with Crippen molar-refractivity contribution in [2.75, 3.05) is 13.2 Å². The van der Waals surface area contributed by atoms with Crippen LogP contribution in [-0.4, -0.2) is 13.2 Å². The predicted molar refractivity (Wildman–Crippen MR) is 118 cm³/mol. The van der Waals surface area contributed by atoms with E-state index in [2.05, 4.69) is 48.5 Å². The molecule has 0 amide bonds. The van der Waals surface area contributed by atoms with Gasteiger partial charge < -0.3 is 9.47 Å². The van der Waals surface area contributed by atoms with Gasteiger partial charge in [0.05, 0.1) is 13.2 Å². The molecule has 7 rings (SSSR count). The molecule has 4 aromatic carbocycles. The van der Waals surface area contributed by atoms with Gasteiger partial charge in [0.15, 0.2) is 0 Å². The molecule has 0 aromatic heterocycles. The molecule has 4 aromatic rings. The van der Waals surface area contributed by atoms with Crippen LogP contribution in [0.15, 0.2) is 48.5 Å². The summed E-state index contributed by atoms with van der Waals surface area (Å²) in [7, 11) is 0. The van der Waals surface area contributed by atoms with Gasteiger partial charge in [-0.1, -0.05) is 62.8 Å². The zero-order valence-corrected chi connectivity index (χ0v) is 16.5. The van der Waals surface area contributed by atoms with E-state index in [1.807, 2.05) is 0 Å². The average molecular weight is 373 g/mol. The van der Waals surface area contributed by atoms with Crippen LogP contribution in [0, 0.1) is 0 Å². The Morgan fingerprint density at radius 2 is 0.750 bits per heavy atom. The average Bonchev–Trinajstić information content (AvgIpc) is 2.71. The van der Waals surface area contributed by atoms with Gasteiger partial charge in [0.1, 0.15) is 11.5 Å². The van der Waals surface area contributed by atoms with E-state index in [4.69, 9.17) is 9.47 Å². The van der Waals surface area contributed by atoms with Gasteiger partial charge >= 0.3 is 0 Å². The molecule has 0 N–H and O–H groups in total. The summed E-state index contributed by atoms with van der Waals surface area (Å²) >= 11 is 0. The Morgan fingerprint density at radius 1 is 0.429 bits per heavy atom. The highest BCUT2D eigenvalue weighted by Crippen LogP contribution is 2.38. The SMILES string of the molecule is c1cc2cc3cc4ccc5cc(cc1c5c24)OCCCCCCCCCCO3. The lowest BCUT2D eigenvalue weighted by Gasteiger charge is -2.15. The Labute approximate surface area is 166 Å². The largest absolute Gasteiger partial charge is 0.494 e. The lowest BCUT2D eigenvalue weighted by molar-refractivity contribution is 0.301. The van der Waals surface area contributed by atoms with E-state index in [0.717, 1.165) is 37.6 Å². The molecule has 3 heterocycles. The fraction of sp³-hybridized carbons (Fsp3) is 0.385. The van der Waals surface area contributed by atoms with Crippen LogP contribution in [0.3, 0.4) is 0 Å². The molecule has 0 saturated heterocycles. The molecule has 2 heteroatoms. The molecule has 3 aliphatic rings. The highest BCUT2D eigenvalue weighted by Gasteiger charge is 2.11. The second kappa shape index (κ2) is 7.87. The van der Waals surface area contributed by atoms with Crippen LogP contribution in [0.25, 0.3) is 32.3 Å². The molecule has 0 saturated carbocycles. The first-order valence-corrected chi connectivity index (χ1v) is 10.9. The van der Waals surface area contributed by atoms with E-state index in [1.165, 1.54) is 70.8 Å². The first-order chi connectivity index (χ1) is 13.9. The van der Waals surface area contributed by atoms with E-state index in [0.29, 0.717) is 0 Å². The minimum atomic E-state index is 0.814. The molecule has 28 heavy (non-hydrogen) atoms. The monoisotopic (exact) mass is 372 g/mol. The second-order valence-electron chi connectivity index (χ2n) is 8.15. The molecule has 0 spiro atoms. The van der Waals surface area contributed by atoms with Crippen molar-refractivity contribution in [1.82, 2.24) is 0 Å². The Hall–Kier alpha value is -2.48. The minimum absolute atomic E-state index is 0.814. The van der Waals surface area contributed by atoms with Gasteiger partial charge in [-0.25, -0.2) is 0 Å². The van der Waals surface area contributed by atoms with Gasteiger partial charge in [0.25, 0.3) is 0 Å². The summed E-state index contributed by atoms with van der Waals surface area (Å²) in [5.41, 5.74) is 0. The third-order valence-corrected chi connectivity index (χ3v) is 6.06. The smallest absolute Gasteiger partial charge is 0.120 e. The van der Waals surface area contributed by atoms with Crippen molar-refractivity contribution in [1.29, 1.82) is 0 Å². The van der Waals surface area contributed by atoms with Crippen LogP contribution in [-0.2, 0) is 0 Å². The maximum Gasteiger partial charge on any atom is 0.120 e. The molecule has 3 aliphatic heterocycles. The Bertz CT molecular complexity index is 928. The summed E-state index contributed by atoms with van der Waals surface area (Å²) in [6.07, 6.45) is 10.1. The van der Waals surface area contributed by atoms with E-state index in [-0.39, 0.29) is 0 Å². The van der Waals surface area contributed by atoms with Crippen molar-refractivity contribution >= 4 is 32.3 Å². The van der Waals surface area contributed by atoms with Gasteiger partial charge in [-0.05, 0) is 69.4 Å². The minimum Gasteiger partial charge on any atom is -0.494 e. The maximum atomic E-state index is 6.11. The quantitative estimate of drug-likeness (QED) is 0.298. The normalized spacial score (nSPS) is 17.1. The molecule has 0 aliphatic carbocycles. The fourth-order valence-corrected chi connectivity index (χ4v) is 4.59. The highest BCUT2D eigenvalue weighted by atomic mass is 16.5. The Morgan fingerprint density at radius 3 is 1.11 bits per heavy atom. The van der Waals surface area contributed by atoms with Crippen LogP contribution < -0.4 is 9.47 Å². The first-order valence-electron chi connectivity index (χ1n) is 10.9. The summed E-state index contributed by atoms with van der Waals surface area (Å²) in [4.78, 5) is 0. The van der Waals surface area contributed by atoms with Crippen molar-refractivity contribution in [2.45, 2.75) is 51.4 Å². The highest BCUT2D eigenvalue weighted by molar-refractivity contribution is 6.23. The zero-order chi connectivity index (χ0) is 18.8. The van der Waals surface area contributed by atoms with Gasteiger partial charge in [-0.3, -0.25) is 0 Å². The molecular weight excluding hydrogens is 344 g/mol. The third-order valence-electron chi connectivity index (χ3n) is 6.06.